The average molecular weight is 184 g/mol. The summed E-state index contributed by atoms with van der Waals surface area (Å²) in [6.07, 6.45) is 1.00. The Bertz CT molecular complexity index is 271. The summed E-state index contributed by atoms with van der Waals surface area (Å²) in [6.45, 7) is 8.19. The van der Waals surface area contributed by atoms with E-state index in [1.54, 1.807) is 11.3 Å². The third-order valence-electron chi connectivity index (χ3n) is 1.73. The fourth-order valence-electron chi connectivity index (χ4n) is 1.20. The third-order valence-corrected chi connectivity index (χ3v) is 3.37. The number of thiazole rings is 1. The molecular formula is C9H16N2S. The third kappa shape index (κ3) is 1.84. The van der Waals surface area contributed by atoms with Gasteiger partial charge >= 0.3 is 0 Å². The van der Waals surface area contributed by atoms with E-state index < -0.39 is 0 Å². The van der Waals surface area contributed by atoms with Gasteiger partial charge < -0.3 is 5.73 Å². The summed E-state index contributed by atoms with van der Waals surface area (Å²) in [5.41, 5.74) is 6.84. The maximum atomic E-state index is 6.00. The molecule has 0 unspecified atom stereocenters. The minimum absolute atomic E-state index is 0.241. The molecule has 0 aliphatic carbocycles. The lowest BCUT2D eigenvalue weighted by molar-refractivity contribution is 0.562. The lowest BCUT2D eigenvalue weighted by Crippen LogP contribution is -2.28. The lowest BCUT2D eigenvalue weighted by atomic mass is 10.0. The SMILES string of the molecule is CCc1nc(C)c(C(C)(C)N)s1. The summed E-state index contributed by atoms with van der Waals surface area (Å²) in [5.74, 6) is 0. The van der Waals surface area contributed by atoms with Crippen molar-refractivity contribution in [1.29, 1.82) is 0 Å². The molecule has 0 radical (unpaired) electrons. The van der Waals surface area contributed by atoms with Gasteiger partial charge in [-0.3, -0.25) is 0 Å². The van der Waals surface area contributed by atoms with E-state index in [1.807, 2.05) is 20.8 Å². The van der Waals surface area contributed by atoms with E-state index >= 15 is 0 Å². The molecule has 0 fully saturated rings. The normalized spacial score (nSPS) is 12.1. The average Bonchev–Trinajstić information content (AvgIpc) is 2.29. The van der Waals surface area contributed by atoms with Gasteiger partial charge in [-0.2, -0.15) is 0 Å². The van der Waals surface area contributed by atoms with Crippen LogP contribution in [0.5, 0.6) is 0 Å². The zero-order chi connectivity index (χ0) is 9.35. The Hall–Kier alpha value is -0.410. The number of nitrogens with zero attached hydrogens (tertiary/aromatic N) is 1. The van der Waals surface area contributed by atoms with Crippen LogP contribution in [-0.4, -0.2) is 4.98 Å². The Morgan fingerprint density at radius 2 is 2.08 bits per heavy atom. The van der Waals surface area contributed by atoms with Crippen molar-refractivity contribution in [3.63, 3.8) is 0 Å². The zero-order valence-corrected chi connectivity index (χ0v) is 8.96. The van der Waals surface area contributed by atoms with E-state index in [2.05, 4.69) is 11.9 Å². The van der Waals surface area contributed by atoms with Crippen molar-refractivity contribution in [3.05, 3.63) is 15.6 Å². The van der Waals surface area contributed by atoms with Gasteiger partial charge in [0, 0.05) is 10.4 Å². The summed E-state index contributed by atoms with van der Waals surface area (Å²) in [7, 11) is 0. The second-order valence-electron chi connectivity index (χ2n) is 3.60. The van der Waals surface area contributed by atoms with Crippen LogP contribution in [0.4, 0.5) is 0 Å². The first-order valence-electron chi connectivity index (χ1n) is 4.20. The molecule has 1 aromatic heterocycles. The first-order chi connectivity index (χ1) is 5.45. The number of aromatic nitrogens is 1. The van der Waals surface area contributed by atoms with E-state index in [0.29, 0.717) is 0 Å². The first-order valence-corrected chi connectivity index (χ1v) is 5.02. The Morgan fingerprint density at radius 3 is 2.33 bits per heavy atom. The van der Waals surface area contributed by atoms with Gasteiger partial charge in [-0.1, -0.05) is 6.92 Å². The summed E-state index contributed by atoms with van der Waals surface area (Å²) in [5, 5.41) is 1.18. The van der Waals surface area contributed by atoms with Crippen molar-refractivity contribution in [3.8, 4) is 0 Å². The summed E-state index contributed by atoms with van der Waals surface area (Å²) in [4.78, 5) is 5.64. The molecule has 0 saturated carbocycles. The number of rotatable bonds is 2. The van der Waals surface area contributed by atoms with Crippen LogP contribution in [0.25, 0.3) is 0 Å². The highest BCUT2D eigenvalue weighted by Gasteiger charge is 2.20. The molecule has 2 nitrogen and oxygen atoms in total. The maximum absolute atomic E-state index is 6.00. The van der Waals surface area contributed by atoms with Gasteiger partial charge in [0.2, 0.25) is 0 Å². The van der Waals surface area contributed by atoms with Crippen LogP contribution in [-0.2, 0) is 12.0 Å². The lowest BCUT2D eigenvalue weighted by Gasteiger charge is -2.16. The predicted octanol–water partition coefficient (Wildman–Crippen LogP) is 2.21. The second-order valence-corrected chi connectivity index (χ2v) is 4.68. The Kier molecular flexibility index (Phi) is 2.54. The van der Waals surface area contributed by atoms with Crippen LogP contribution < -0.4 is 5.73 Å². The minimum atomic E-state index is -0.241. The monoisotopic (exact) mass is 184 g/mol. The maximum Gasteiger partial charge on any atom is 0.0928 e. The largest absolute Gasteiger partial charge is 0.321 e. The number of aryl methyl sites for hydroxylation is 2. The van der Waals surface area contributed by atoms with E-state index in [0.717, 1.165) is 12.1 Å². The molecule has 0 aromatic carbocycles. The van der Waals surface area contributed by atoms with Crippen LogP contribution in [0.15, 0.2) is 0 Å². The molecule has 0 amide bonds. The molecule has 0 saturated heterocycles. The quantitative estimate of drug-likeness (QED) is 0.765. The smallest absolute Gasteiger partial charge is 0.0928 e. The van der Waals surface area contributed by atoms with Crippen LogP contribution in [0.3, 0.4) is 0 Å². The highest BCUT2D eigenvalue weighted by atomic mass is 32.1. The van der Waals surface area contributed by atoms with Crippen LogP contribution >= 0.6 is 11.3 Å². The molecule has 2 N–H and O–H groups in total. The minimum Gasteiger partial charge on any atom is -0.321 e. The predicted molar refractivity (Wildman–Crippen MR) is 53.4 cm³/mol. The van der Waals surface area contributed by atoms with E-state index in [9.17, 15) is 0 Å². The van der Waals surface area contributed by atoms with Gasteiger partial charge in [-0.05, 0) is 27.2 Å². The van der Waals surface area contributed by atoms with Crippen molar-refractivity contribution in [2.45, 2.75) is 39.7 Å². The molecular weight excluding hydrogens is 168 g/mol. The van der Waals surface area contributed by atoms with Crippen molar-refractivity contribution >= 4 is 11.3 Å². The molecule has 1 rings (SSSR count). The molecule has 1 aromatic rings. The van der Waals surface area contributed by atoms with Crippen molar-refractivity contribution in [2.75, 3.05) is 0 Å². The summed E-state index contributed by atoms with van der Waals surface area (Å²) in [6, 6.07) is 0. The van der Waals surface area contributed by atoms with E-state index in [-0.39, 0.29) is 5.54 Å². The summed E-state index contributed by atoms with van der Waals surface area (Å²) >= 11 is 1.73. The fourth-order valence-corrected chi connectivity index (χ4v) is 2.22. The fraction of sp³-hybridized carbons (Fsp3) is 0.667. The number of nitrogens with two attached hydrogens (primary N) is 1. The van der Waals surface area contributed by atoms with Crippen molar-refractivity contribution in [2.24, 2.45) is 5.73 Å². The van der Waals surface area contributed by atoms with Gasteiger partial charge in [-0.25, -0.2) is 4.98 Å². The van der Waals surface area contributed by atoms with Crippen LogP contribution in [0.2, 0.25) is 0 Å². The number of hydrogen-bond donors (Lipinski definition) is 1. The van der Waals surface area contributed by atoms with Crippen molar-refractivity contribution < 1.29 is 0 Å². The molecule has 1 heterocycles. The highest BCUT2D eigenvalue weighted by Crippen LogP contribution is 2.27. The topological polar surface area (TPSA) is 38.9 Å². The Balaban J connectivity index is 3.08. The molecule has 12 heavy (non-hydrogen) atoms. The van der Waals surface area contributed by atoms with E-state index in [1.165, 1.54) is 9.88 Å². The summed E-state index contributed by atoms with van der Waals surface area (Å²) < 4.78 is 0. The van der Waals surface area contributed by atoms with Crippen LogP contribution in [0.1, 0.15) is 36.3 Å². The molecule has 68 valence electrons. The van der Waals surface area contributed by atoms with Gasteiger partial charge in [0.25, 0.3) is 0 Å². The van der Waals surface area contributed by atoms with Gasteiger partial charge in [-0.15, -0.1) is 11.3 Å². The molecule has 0 aliphatic rings. The van der Waals surface area contributed by atoms with Gasteiger partial charge in [0.1, 0.15) is 0 Å². The van der Waals surface area contributed by atoms with Gasteiger partial charge in [0.05, 0.1) is 10.7 Å². The van der Waals surface area contributed by atoms with Crippen molar-refractivity contribution in [1.82, 2.24) is 4.98 Å². The standard InChI is InChI=1S/C9H16N2S/c1-5-7-11-6(2)8(12-7)9(3,4)10/h5,10H2,1-4H3. The Morgan fingerprint density at radius 1 is 1.50 bits per heavy atom. The van der Waals surface area contributed by atoms with E-state index in [4.69, 9.17) is 5.73 Å². The molecule has 0 atom stereocenters. The molecule has 3 heteroatoms. The zero-order valence-electron chi connectivity index (χ0n) is 8.14. The molecule has 0 aliphatic heterocycles. The Labute approximate surface area is 77.8 Å². The first kappa shape index (κ1) is 9.68. The second kappa shape index (κ2) is 3.15. The molecule has 0 bridgehead atoms. The van der Waals surface area contributed by atoms with Gasteiger partial charge in [0.15, 0.2) is 0 Å². The number of hydrogen-bond acceptors (Lipinski definition) is 3. The highest BCUT2D eigenvalue weighted by molar-refractivity contribution is 7.11. The molecule has 0 spiro atoms. The van der Waals surface area contributed by atoms with Crippen LogP contribution in [0, 0.1) is 6.92 Å².